The van der Waals surface area contributed by atoms with E-state index in [1.807, 2.05) is 0 Å². The molecule has 0 saturated carbocycles. The number of ether oxygens (including phenoxy) is 1. The molecule has 1 saturated heterocycles. The Morgan fingerprint density at radius 2 is 1.84 bits per heavy atom. The predicted octanol–water partition coefficient (Wildman–Crippen LogP) is 4.50. The van der Waals surface area contributed by atoms with E-state index in [1.54, 1.807) is 43.5 Å². The number of amides is 2. The number of aromatic nitrogens is 1. The van der Waals surface area contributed by atoms with Crippen molar-refractivity contribution >= 4 is 23.2 Å². The van der Waals surface area contributed by atoms with Gasteiger partial charge in [-0.1, -0.05) is 12.1 Å². The standard InChI is InChI=1S/C26H24F4N4O3/c1-16-10-18(14-31-12-16)23(35)34-25(8-9-37-15-25)24(36)32-13-17-2-5-20(6-3-17)33-22-7-4-19(27)11-21(22)26(28,29)30/h2-7,10-12,14,33H,8-9,13,15H2,1H3,(H,32,36)(H,34,35)/t25-/m0/s1. The quantitative estimate of drug-likeness (QED) is 0.403. The summed E-state index contributed by atoms with van der Waals surface area (Å²) >= 11 is 0. The number of benzene rings is 2. The van der Waals surface area contributed by atoms with E-state index in [1.165, 1.54) is 6.20 Å². The van der Waals surface area contributed by atoms with Crippen molar-refractivity contribution < 1.29 is 31.9 Å². The molecule has 1 aromatic heterocycles. The smallest absolute Gasteiger partial charge is 0.378 e. The summed E-state index contributed by atoms with van der Waals surface area (Å²) in [6, 6.07) is 10.4. The Kier molecular flexibility index (Phi) is 7.44. The number of halogens is 4. The van der Waals surface area contributed by atoms with Gasteiger partial charge in [0.25, 0.3) is 5.91 Å². The number of hydrogen-bond acceptors (Lipinski definition) is 5. The molecule has 0 bridgehead atoms. The Morgan fingerprint density at radius 1 is 1.08 bits per heavy atom. The van der Waals surface area contributed by atoms with Crippen LogP contribution in [0.3, 0.4) is 0 Å². The summed E-state index contributed by atoms with van der Waals surface area (Å²) in [6.07, 6.45) is -1.39. The van der Waals surface area contributed by atoms with Crippen LogP contribution in [-0.4, -0.2) is 35.6 Å². The maximum absolute atomic E-state index is 13.3. The van der Waals surface area contributed by atoms with Gasteiger partial charge < -0.3 is 20.7 Å². The maximum Gasteiger partial charge on any atom is 0.418 e. The van der Waals surface area contributed by atoms with E-state index < -0.39 is 34.9 Å². The van der Waals surface area contributed by atoms with Crippen LogP contribution in [-0.2, 0) is 22.3 Å². The summed E-state index contributed by atoms with van der Waals surface area (Å²) < 4.78 is 58.5. The van der Waals surface area contributed by atoms with Gasteiger partial charge in [-0.25, -0.2) is 4.39 Å². The van der Waals surface area contributed by atoms with Crippen molar-refractivity contribution in [1.82, 2.24) is 15.6 Å². The van der Waals surface area contributed by atoms with Crippen LogP contribution in [0.1, 0.15) is 33.5 Å². The summed E-state index contributed by atoms with van der Waals surface area (Å²) in [7, 11) is 0. The normalized spacial score (nSPS) is 17.3. The Morgan fingerprint density at radius 3 is 2.49 bits per heavy atom. The fourth-order valence-corrected chi connectivity index (χ4v) is 3.94. The van der Waals surface area contributed by atoms with Crippen molar-refractivity contribution in [1.29, 1.82) is 0 Å². The molecule has 4 rings (SSSR count). The number of alkyl halides is 3. The minimum Gasteiger partial charge on any atom is -0.378 e. The van der Waals surface area contributed by atoms with Gasteiger partial charge in [0.2, 0.25) is 5.91 Å². The van der Waals surface area contributed by atoms with Crippen LogP contribution in [0.4, 0.5) is 28.9 Å². The highest BCUT2D eigenvalue weighted by molar-refractivity contribution is 5.99. The average Bonchev–Trinajstić information content (AvgIpc) is 3.33. The summed E-state index contributed by atoms with van der Waals surface area (Å²) in [4.78, 5) is 29.8. The van der Waals surface area contributed by atoms with Gasteiger partial charge in [0.1, 0.15) is 11.4 Å². The Hall–Kier alpha value is -3.99. The zero-order valence-electron chi connectivity index (χ0n) is 19.8. The molecule has 1 aliphatic heterocycles. The second kappa shape index (κ2) is 10.6. The van der Waals surface area contributed by atoms with Gasteiger partial charge in [0.05, 0.1) is 23.4 Å². The maximum atomic E-state index is 13.3. The van der Waals surface area contributed by atoms with Crippen molar-refractivity contribution in [3.63, 3.8) is 0 Å². The van der Waals surface area contributed by atoms with E-state index in [2.05, 4.69) is 20.9 Å². The van der Waals surface area contributed by atoms with Gasteiger partial charge in [-0.05, 0) is 54.4 Å². The minimum absolute atomic E-state index is 0.0197. The summed E-state index contributed by atoms with van der Waals surface area (Å²) in [5, 5.41) is 8.23. The molecule has 0 spiro atoms. The van der Waals surface area contributed by atoms with Crippen molar-refractivity contribution in [3.05, 3.63) is 89.0 Å². The fourth-order valence-electron chi connectivity index (χ4n) is 3.94. The number of pyridine rings is 1. The van der Waals surface area contributed by atoms with E-state index in [0.717, 1.165) is 17.7 Å². The molecule has 0 unspecified atom stereocenters. The van der Waals surface area contributed by atoms with Crippen LogP contribution < -0.4 is 16.0 Å². The molecule has 2 amide bonds. The molecule has 2 aromatic carbocycles. The van der Waals surface area contributed by atoms with Gasteiger partial charge >= 0.3 is 6.18 Å². The molecule has 37 heavy (non-hydrogen) atoms. The van der Waals surface area contributed by atoms with E-state index in [4.69, 9.17) is 4.74 Å². The van der Waals surface area contributed by atoms with Crippen LogP contribution in [0, 0.1) is 12.7 Å². The first-order chi connectivity index (χ1) is 17.6. The van der Waals surface area contributed by atoms with Crippen molar-refractivity contribution in [2.75, 3.05) is 18.5 Å². The van der Waals surface area contributed by atoms with Gasteiger partial charge in [0, 0.05) is 37.7 Å². The number of aryl methyl sites for hydroxylation is 1. The first kappa shape index (κ1) is 26.1. The number of carbonyl (C=O) groups is 2. The van der Waals surface area contributed by atoms with E-state index in [-0.39, 0.29) is 18.8 Å². The summed E-state index contributed by atoms with van der Waals surface area (Å²) in [6.45, 7) is 2.25. The zero-order chi connectivity index (χ0) is 26.6. The lowest BCUT2D eigenvalue weighted by Gasteiger charge is -2.27. The van der Waals surface area contributed by atoms with Gasteiger partial charge in [0.15, 0.2) is 0 Å². The number of rotatable bonds is 7. The van der Waals surface area contributed by atoms with Crippen LogP contribution in [0.5, 0.6) is 0 Å². The zero-order valence-corrected chi connectivity index (χ0v) is 19.8. The topological polar surface area (TPSA) is 92.4 Å². The molecule has 3 N–H and O–H groups in total. The second-order valence-electron chi connectivity index (χ2n) is 8.78. The molecule has 1 atom stereocenters. The van der Waals surface area contributed by atoms with E-state index in [9.17, 15) is 27.2 Å². The molecular weight excluding hydrogens is 492 g/mol. The summed E-state index contributed by atoms with van der Waals surface area (Å²) in [5.41, 5.74) is -0.463. The van der Waals surface area contributed by atoms with Crippen molar-refractivity contribution in [3.8, 4) is 0 Å². The molecule has 3 aromatic rings. The SMILES string of the molecule is Cc1cncc(C(=O)N[C@@]2(C(=O)NCc3ccc(Nc4ccc(F)cc4C(F)(F)F)cc3)CCOC2)c1. The molecule has 0 radical (unpaired) electrons. The number of nitrogens with one attached hydrogen (secondary N) is 3. The van der Waals surface area contributed by atoms with Crippen LogP contribution in [0.25, 0.3) is 0 Å². The fraction of sp³-hybridized carbons (Fsp3) is 0.269. The van der Waals surface area contributed by atoms with Crippen molar-refractivity contribution in [2.24, 2.45) is 0 Å². The largest absolute Gasteiger partial charge is 0.418 e. The molecule has 1 aliphatic rings. The molecule has 7 nitrogen and oxygen atoms in total. The third kappa shape index (κ3) is 6.23. The predicted molar refractivity (Wildman–Crippen MR) is 128 cm³/mol. The lowest BCUT2D eigenvalue weighted by atomic mass is 9.96. The number of carbonyl (C=O) groups excluding carboxylic acids is 2. The Bertz CT molecular complexity index is 1290. The lowest BCUT2D eigenvalue weighted by molar-refractivity contribution is -0.137. The van der Waals surface area contributed by atoms with Crippen LogP contribution in [0.15, 0.2) is 60.9 Å². The van der Waals surface area contributed by atoms with Gasteiger partial charge in [-0.3, -0.25) is 14.6 Å². The van der Waals surface area contributed by atoms with Crippen LogP contribution >= 0.6 is 0 Å². The van der Waals surface area contributed by atoms with E-state index in [0.29, 0.717) is 35.9 Å². The second-order valence-corrected chi connectivity index (χ2v) is 8.78. The molecule has 194 valence electrons. The highest BCUT2D eigenvalue weighted by Crippen LogP contribution is 2.36. The molecule has 0 aliphatic carbocycles. The first-order valence-corrected chi connectivity index (χ1v) is 11.4. The highest BCUT2D eigenvalue weighted by Gasteiger charge is 2.43. The molecule has 2 heterocycles. The number of nitrogens with zero attached hydrogens (tertiary/aromatic N) is 1. The molecule has 1 fully saturated rings. The highest BCUT2D eigenvalue weighted by atomic mass is 19.4. The van der Waals surface area contributed by atoms with Gasteiger partial charge in [-0.2, -0.15) is 13.2 Å². The van der Waals surface area contributed by atoms with E-state index >= 15 is 0 Å². The monoisotopic (exact) mass is 516 g/mol. The third-order valence-corrected chi connectivity index (χ3v) is 5.92. The lowest BCUT2D eigenvalue weighted by Crippen LogP contribution is -2.59. The average molecular weight is 516 g/mol. The number of anilines is 2. The Labute approximate surface area is 210 Å². The van der Waals surface area contributed by atoms with Crippen LogP contribution in [0.2, 0.25) is 0 Å². The molecule has 11 heteroatoms. The first-order valence-electron chi connectivity index (χ1n) is 11.4. The third-order valence-electron chi connectivity index (χ3n) is 5.92. The van der Waals surface area contributed by atoms with Gasteiger partial charge in [-0.15, -0.1) is 0 Å². The Balaban J connectivity index is 1.40. The number of hydrogen-bond donors (Lipinski definition) is 3. The summed E-state index contributed by atoms with van der Waals surface area (Å²) in [5.74, 6) is -1.84. The molecular formula is C26H24F4N4O3. The minimum atomic E-state index is -4.72. The van der Waals surface area contributed by atoms with Crippen molar-refractivity contribution in [2.45, 2.75) is 31.6 Å².